The molecule has 0 atom stereocenters. The molecule has 0 radical (unpaired) electrons. The van der Waals surface area contributed by atoms with Crippen LogP contribution in [0.5, 0.6) is 0 Å². The van der Waals surface area contributed by atoms with Crippen LogP contribution in [0.25, 0.3) is 0 Å². The minimum Gasteiger partial charge on any atom is -0.370 e. The lowest BCUT2D eigenvalue weighted by molar-refractivity contribution is 0.766. The van der Waals surface area contributed by atoms with Gasteiger partial charge in [0.05, 0.1) is 6.20 Å². The highest BCUT2D eigenvalue weighted by Crippen LogP contribution is 2.13. The lowest BCUT2D eigenvalue weighted by Gasteiger charge is -2.07. The first kappa shape index (κ1) is 12.5. The molecular weight excluding hydrogens is 226 g/mol. The lowest BCUT2D eigenvalue weighted by Crippen LogP contribution is -2.07. The summed E-state index contributed by atoms with van der Waals surface area (Å²) < 4.78 is 1.82. The second-order valence-electron chi connectivity index (χ2n) is 4.68. The SMILES string of the molecule is CC(C)c1cc(NCCc2cnn(C)c2)ncn1. The summed E-state index contributed by atoms with van der Waals surface area (Å²) in [6.45, 7) is 5.10. The molecule has 5 nitrogen and oxygen atoms in total. The molecule has 0 saturated carbocycles. The number of aryl methyl sites for hydroxylation is 1. The maximum atomic E-state index is 4.24. The van der Waals surface area contributed by atoms with Crippen molar-refractivity contribution in [3.8, 4) is 0 Å². The van der Waals surface area contributed by atoms with Crippen molar-refractivity contribution in [2.45, 2.75) is 26.2 Å². The average Bonchev–Trinajstić information content (AvgIpc) is 2.75. The monoisotopic (exact) mass is 245 g/mol. The first-order valence-corrected chi connectivity index (χ1v) is 6.18. The van der Waals surface area contributed by atoms with Crippen molar-refractivity contribution in [1.29, 1.82) is 0 Å². The highest BCUT2D eigenvalue weighted by molar-refractivity contribution is 5.35. The van der Waals surface area contributed by atoms with E-state index in [-0.39, 0.29) is 0 Å². The maximum Gasteiger partial charge on any atom is 0.129 e. The minimum absolute atomic E-state index is 0.423. The first-order chi connectivity index (χ1) is 8.65. The molecule has 0 aliphatic carbocycles. The van der Waals surface area contributed by atoms with Crippen LogP contribution in [0.3, 0.4) is 0 Å². The van der Waals surface area contributed by atoms with Crippen LogP contribution < -0.4 is 5.32 Å². The second kappa shape index (κ2) is 5.62. The normalized spacial score (nSPS) is 10.9. The Bertz CT molecular complexity index is 504. The molecule has 2 aromatic rings. The summed E-state index contributed by atoms with van der Waals surface area (Å²) in [5.41, 5.74) is 2.29. The van der Waals surface area contributed by atoms with Crippen molar-refractivity contribution in [2.24, 2.45) is 7.05 Å². The molecule has 2 rings (SSSR count). The van der Waals surface area contributed by atoms with E-state index in [0.717, 1.165) is 24.5 Å². The van der Waals surface area contributed by atoms with E-state index in [2.05, 4.69) is 34.2 Å². The van der Waals surface area contributed by atoms with E-state index in [1.807, 2.05) is 30.2 Å². The molecule has 0 aliphatic rings. The summed E-state index contributed by atoms with van der Waals surface area (Å²) >= 11 is 0. The standard InChI is InChI=1S/C13H19N5/c1-10(2)12-6-13(16-9-15-12)14-5-4-11-7-17-18(3)8-11/h6-10H,4-5H2,1-3H3,(H,14,15,16). The fraction of sp³-hybridized carbons (Fsp3) is 0.462. The Morgan fingerprint density at radius 1 is 1.33 bits per heavy atom. The van der Waals surface area contributed by atoms with E-state index in [9.17, 15) is 0 Å². The summed E-state index contributed by atoms with van der Waals surface area (Å²) in [5, 5.41) is 7.45. The van der Waals surface area contributed by atoms with Crippen LogP contribution in [0.2, 0.25) is 0 Å². The third-order valence-electron chi connectivity index (χ3n) is 2.76. The van der Waals surface area contributed by atoms with Gasteiger partial charge in [-0.05, 0) is 17.9 Å². The van der Waals surface area contributed by atoms with Crippen molar-refractivity contribution in [1.82, 2.24) is 19.7 Å². The van der Waals surface area contributed by atoms with Crippen molar-refractivity contribution >= 4 is 5.82 Å². The second-order valence-corrected chi connectivity index (χ2v) is 4.68. The van der Waals surface area contributed by atoms with Crippen LogP contribution in [-0.4, -0.2) is 26.3 Å². The molecule has 0 bridgehead atoms. The molecule has 2 heterocycles. The molecule has 0 fully saturated rings. The Morgan fingerprint density at radius 3 is 2.83 bits per heavy atom. The molecule has 0 unspecified atom stereocenters. The van der Waals surface area contributed by atoms with Crippen molar-refractivity contribution < 1.29 is 0 Å². The molecule has 0 spiro atoms. The Kier molecular flexibility index (Phi) is 3.92. The highest BCUT2D eigenvalue weighted by Gasteiger charge is 2.03. The van der Waals surface area contributed by atoms with E-state index in [0.29, 0.717) is 5.92 Å². The van der Waals surface area contributed by atoms with Gasteiger partial charge in [0.15, 0.2) is 0 Å². The number of hydrogen-bond acceptors (Lipinski definition) is 4. The van der Waals surface area contributed by atoms with Crippen LogP contribution in [0.15, 0.2) is 24.8 Å². The van der Waals surface area contributed by atoms with Gasteiger partial charge in [-0.2, -0.15) is 5.10 Å². The van der Waals surface area contributed by atoms with E-state index in [1.165, 1.54) is 5.56 Å². The highest BCUT2D eigenvalue weighted by atomic mass is 15.2. The van der Waals surface area contributed by atoms with Gasteiger partial charge in [-0.3, -0.25) is 4.68 Å². The van der Waals surface area contributed by atoms with Gasteiger partial charge < -0.3 is 5.32 Å². The van der Waals surface area contributed by atoms with Crippen molar-refractivity contribution in [3.63, 3.8) is 0 Å². The topological polar surface area (TPSA) is 55.6 Å². The van der Waals surface area contributed by atoms with Crippen LogP contribution in [0.4, 0.5) is 5.82 Å². The van der Waals surface area contributed by atoms with Crippen molar-refractivity contribution in [3.05, 3.63) is 36.0 Å². The van der Waals surface area contributed by atoms with E-state index >= 15 is 0 Å². The quantitative estimate of drug-likeness (QED) is 0.875. The fourth-order valence-corrected chi connectivity index (χ4v) is 1.72. The maximum absolute atomic E-state index is 4.24. The molecule has 0 aliphatic heterocycles. The first-order valence-electron chi connectivity index (χ1n) is 6.18. The summed E-state index contributed by atoms with van der Waals surface area (Å²) in [5.74, 6) is 1.31. The predicted molar refractivity (Wildman–Crippen MR) is 71.5 cm³/mol. The molecule has 18 heavy (non-hydrogen) atoms. The van der Waals surface area contributed by atoms with E-state index in [4.69, 9.17) is 0 Å². The molecule has 0 saturated heterocycles. The average molecular weight is 245 g/mol. The van der Waals surface area contributed by atoms with Gasteiger partial charge in [0, 0.05) is 31.5 Å². The third kappa shape index (κ3) is 3.29. The molecular formula is C13H19N5. The molecule has 0 amide bonds. The van der Waals surface area contributed by atoms with Gasteiger partial charge in [0.1, 0.15) is 12.1 Å². The lowest BCUT2D eigenvalue weighted by atomic mass is 10.1. The largest absolute Gasteiger partial charge is 0.370 e. The van der Waals surface area contributed by atoms with Gasteiger partial charge in [0.2, 0.25) is 0 Å². The Labute approximate surface area is 107 Å². The van der Waals surface area contributed by atoms with Crippen LogP contribution in [0, 0.1) is 0 Å². The molecule has 2 aromatic heterocycles. The Morgan fingerprint density at radius 2 is 2.17 bits per heavy atom. The zero-order valence-corrected chi connectivity index (χ0v) is 11.1. The number of hydrogen-bond donors (Lipinski definition) is 1. The predicted octanol–water partition coefficient (Wildman–Crippen LogP) is 1.99. The van der Waals surface area contributed by atoms with Gasteiger partial charge in [0.25, 0.3) is 0 Å². The molecule has 96 valence electrons. The molecule has 1 N–H and O–H groups in total. The summed E-state index contributed by atoms with van der Waals surface area (Å²) in [7, 11) is 1.93. The summed E-state index contributed by atoms with van der Waals surface area (Å²) in [6, 6.07) is 2.01. The number of nitrogens with zero attached hydrogens (tertiary/aromatic N) is 4. The Balaban J connectivity index is 1.88. The smallest absolute Gasteiger partial charge is 0.129 e. The molecule has 5 heteroatoms. The Hall–Kier alpha value is -1.91. The van der Waals surface area contributed by atoms with Crippen LogP contribution in [0.1, 0.15) is 31.0 Å². The van der Waals surface area contributed by atoms with E-state index < -0.39 is 0 Å². The molecule has 0 aromatic carbocycles. The van der Waals surface area contributed by atoms with Gasteiger partial charge >= 0.3 is 0 Å². The zero-order valence-electron chi connectivity index (χ0n) is 11.1. The van der Waals surface area contributed by atoms with Gasteiger partial charge in [-0.15, -0.1) is 0 Å². The zero-order chi connectivity index (χ0) is 13.0. The third-order valence-corrected chi connectivity index (χ3v) is 2.76. The number of anilines is 1. The van der Waals surface area contributed by atoms with Crippen LogP contribution >= 0.6 is 0 Å². The number of aromatic nitrogens is 4. The van der Waals surface area contributed by atoms with Crippen LogP contribution in [-0.2, 0) is 13.5 Å². The minimum atomic E-state index is 0.423. The van der Waals surface area contributed by atoms with E-state index in [1.54, 1.807) is 6.33 Å². The summed E-state index contributed by atoms with van der Waals surface area (Å²) in [6.07, 6.45) is 6.47. The fourth-order valence-electron chi connectivity index (χ4n) is 1.72. The van der Waals surface area contributed by atoms with Gasteiger partial charge in [-0.25, -0.2) is 9.97 Å². The van der Waals surface area contributed by atoms with Gasteiger partial charge in [-0.1, -0.05) is 13.8 Å². The number of rotatable bonds is 5. The summed E-state index contributed by atoms with van der Waals surface area (Å²) in [4.78, 5) is 8.46. The number of nitrogens with one attached hydrogen (secondary N) is 1. The van der Waals surface area contributed by atoms with Crippen molar-refractivity contribution in [2.75, 3.05) is 11.9 Å².